The van der Waals surface area contributed by atoms with Crippen molar-refractivity contribution in [3.8, 4) is 5.75 Å². The number of rotatable bonds is 5. The first-order chi connectivity index (χ1) is 11.4. The molecule has 0 aliphatic rings. The Labute approximate surface area is 135 Å². The zero-order valence-electron chi connectivity index (χ0n) is 12.8. The number of hydrogen-bond acceptors (Lipinski definition) is 3. The highest BCUT2D eigenvalue weighted by molar-refractivity contribution is 5.61. The van der Waals surface area contributed by atoms with E-state index in [-0.39, 0.29) is 0 Å². The monoisotopic (exact) mass is 303 g/mol. The Morgan fingerprint density at radius 1 is 0.696 bits per heavy atom. The molecule has 0 heterocycles. The van der Waals surface area contributed by atoms with E-state index in [4.69, 9.17) is 4.74 Å². The van der Waals surface area contributed by atoms with E-state index in [0.29, 0.717) is 0 Å². The molecule has 3 aromatic carbocycles. The second-order valence-electron chi connectivity index (χ2n) is 4.87. The summed E-state index contributed by atoms with van der Waals surface area (Å²) in [6.07, 6.45) is 0. The van der Waals surface area contributed by atoms with Crippen molar-refractivity contribution in [2.24, 2.45) is 10.3 Å². The standard InChI is InChI=1S/C19H17N3O/c1-23-19-14-12-16(13-15-19)20-21-22(17-8-4-2-5-9-17)18-10-6-3-7-11-18/h2-15H,1H3. The third-order valence-electron chi connectivity index (χ3n) is 3.32. The van der Waals surface area contributed by atoms with E-state index in [1.165, 1.54) is 0 Å². The number of anilines is 2. The summed E-state index contributed by atoms with van der Waals surface area (Å²) < 4.78 is 5.15. The number of ether oxygens (including phenoxy) is 1. The van der Waals surface area contributed by atoms with Crippen LogP contribution < -0.4 is 9.75 Å². The normalized spacial score (nSPS) is 10.7. The summed E-state index contributed by atoms with van der Waals surface area (Å²) >= 11 is 0. The van der Waals surface area contributed by atoms with Crippen LogP contribution in [0.25, 0.3) is 0 Å². The van der Waals surface area contributed by atoms with Gasteiger partial charge in [0.05, 0.1) is 24.2 Å². The van der Waals surface area contributed by atoms with Crippen LogP contribution in [0.15, 0.2) is 95.3 Å². The number of benzene rings is 3. The lowest BCUT2D eigenvalue weighted by molar-refractivity contribution is 0.415. The summed E-state index contributed by atoms with van der Waals surface area (Å²) in [4.78, 5) is 0. The van der Waals surface area contributed by atoms with Crippen molar-refractivity contribution in [2.45, 2.75) is 0 Å². The van der Waals surface area contributed by atoms with Gasteiger partial charge in [-0.2, -0.15) is 0 Å². The van der Waals surface area contributed by atoms with Gasteiger partial charge in [0, 0.05) is 0 Å². The zero-order valence-corrected chi connectivity index (χ0v) is 12.8. The van der Waals surface area contributed by atoms with Gasteiger partial charge in [-0.15, -0.1) is 5.11 Å². The predicted molar refractivity (Wildman–Crippen MR) is 92.5 cm³/mol. The molecule has 0 saturated heterocycles. The van der Waals surface area contributed by atoms with Crippen molar-refractivity contribution in [3.63, 3.8) is 0 Å². The summed E-state index contributed by atoms with van der Waals surface area (Å²) in [6, 6.07) is 27.4. The highest BCUT2D eigenvalue weighted by atomic mass is 16.5. The molecule has 114 valence electrons. The molecular formula is C19H17N3O. The van der Waals surface area contributed by atoms with Crippen molar-refractivity contribution in [1.82, 2.24) is 0 Å². The van der Waals surface area contributed by atoms with E-state index in [2.05, 4.69) is 10.3 Å². The van der Waals surface area contributed by atoms with Crippen LogP contribution in [0.1, 0.15) is 0 Å². The molecule has 0 aliphatic heterocycles. The Morgan fingerprint density at radius 2 is 1.22 bits per heavy atom. The molecule has 0 fully saturated rings. The molecular weight excluding hydrogens is 286 g/mol. The molecule has 0 saturated carbocycles. The maximum absolute atomic E-state index is 5.15. The van der Waals surface area contributed by atoms with Gasteiger partial charge >= 0.3 is 0 Å². The zero-order chi connectivity index (χ0) is 15.9. The molecule has 3 aromatic rings. The molecule has 0 amide bonds. The van der Waals surface area contributed by atoms with Gasteiger partial charge in [-0.1, -0.05) is 41.6 Å². The van der Waals surface area contributed by atoms with Gasteiger partial charge in [-0.05, 0) is 48.5 Å². The minimum absolute atomic E-state index is 0.766. The van der Waals surface area contributed by atoms with Crippen LogP contribution in [0.5, 0.6) is 5.75 Å². The Morgan fingerprint density at radius 3 is 1.70 bits per heavy atom. The average molecular weight is 303 g/mol. The fraction of sp³-hybridized carbons (Fsp3) is 0.0526. The highest BCUT2D eigenvalue weighted by Gasteiger charge is 2.07. The number of para-hydroxylation sites is 2. The largest absolute Gasteiger partial charge is 0.497 e. The first-order valence-corrected chi connectivity index (χ1v) is 7.33. The Bertz CT molecular complexity index is 716. The predicted octanol–water partition coefficient (Wildman–Crippen LogP) is 5.53. The minimum Gasteiger partial charge on any atom is -0.497 e. The molecule has 23 heavy (non-hydrogen) atoms. The second-order valence-corrected chi connectivity index (χ2v) is 4.87. The van der Waals surface area contributed by atoms with Gasteiger partial charge in [-0.25, -0.2) is 5.01 Å². The number of methoxy groups -OCH3 is 1. The molecule has 0 aliphatic carbocycles. The number of nitrogens with zero attached hydrogens (tertiary/aromatic N) is 3. The summed E-state index contributed by atoms with van der Waals surface area (Å²) in [6.45, 7) is 0. The number of hydrogen-bond donors (Lipinski definition) is 0. The van der Waals surface area contributed by atoms with Gasteiger partial charge in [-0.3, -0.25) is 0 Å². The summed E-state index contributed by atoms with van der Waals surface area (Å²) in [5, 5.41) is 10.5. The lowest BCUT2D eigenvalue weighted by Gasteiger charge is -2.17. The SMILES string of the molecule is COc1ccc(N=NN(c2ccccc2)c2ccccc2)cc1. The molecule has 0 bridgehead atoms. The molecule has 3 rings (SSSR count). The van der Waals surface area contributed by atoms with Crippen LogP contribution in [0.2, 0.25) is 0 Å². The van der Waals surface area contributed by atoms with Crippen LogP contribution in [-0.4, -0.2) is 7.11 Å². The highest BCUT2D eigenvalue weighted by Crippen LogP contribution is 2.27. The summed E-state index contributed by atoms with van der Waals surface area (Å²) in [7, 11) is 1.64. The molecule has 0 unspecified atom stereocenters. The van der Waals surface area contributed by atoms with E-state index in [9.17, 15) is 0 Å². The maximum Gasteiger partial charge on any atom is 0.119 e. The summed E-state index contributed by atoms with van der Waals surface area (Å²) in [5.74, 6) is 0.798. The van der Waals surface area contributed by atoms with Crippen LogP contribution in [0, 0.1) is 0 Å². The quantitative estimate of drug-likeness (QED) is 0.459. The van der Waals surface area contributed by atoms with E-state index < -0.39 is 0 Å². The third kappa shape index (κ3) is 3.74. The second kappa shape index (κ2) is 7.22. The van der Waals surface area contributed by atoms with Crippen molar-refractivity contribution >= 4 is 17.1 Å². The van der Waals surface area contributed by atoms with E-state index in [1.54, 1.807) is 7.11 Å². The topological polar surface area (TPSA) is 37.2 Å². The lowest BCUT2D eigenvalue weighted by Crippen LogP contribution is -2.07. The van der Waals surface area contributed by atoms with Crippen molar-refractivity contribution in [2.75, 3.05) is 12.1 Å². The van der Waals surface area contributed by atoms with Crippen LogP contribution >= 0.6 is 0 Å². The third-order valence-corrected chi connectivity index (χ3v) is 3.32. The fourth-order valence-electron chi connectivity index (χ4n) is 2.14. The molecule has 4 heteroatoms. The van der Waals surface area contributed by atoms with Gasteiger partial charge in [0.2, 0.25) is 0 Å². The van der Waals surface area contributed by atoms with E-state index in [1.807, 2.05) is 89.9 Å². The van der Waals surface area contributed by atoms with E-state index >= 15 is 0 Å². The van der Waals surface area contributed by atoms with Gasteiger partial charge < -0.3 is 4.74 Å². The first kappa shape index (κ1) is 14.8. The van der Waals surface area contributed by atoms with Crippen LogP contribution in [0.4, 0.5) is 17.1 Å². The Balaban J connectivity index is 1.91. The van der Waals surface area contributed by atoms with Gasteiger partial charge in [0.25, 0.3) is 0 Å². The minimum atomic E-state index is 0.766. The average Bonchev–Trinajstić information content (AvgIpc) is 2.64. The molecule has 0 aromatic heterocycles. The van der Waals surface area contributed by atoms with Crippen molar-refractivity contribution in [1.29, 1.82) is 0 Å². The van der Waals surface area contributed by atoms with Crippen LogP contribution in [0.3, 0.4) is 0 Å². The smallest absolute Gasteiger partial charge is 0.119 e. The lowest BCUT2D eigenvalue weighted by atomic mass is 10.2. The van der Waals surface area contributed by atoms with Crippen LogP contribution in [-0.2, 0) is 0 Å². The fourth-order valence-corrected chi connectivity index (χ4v) is 2.14. The molecule has 4 nitrogen and oxygen atoms in total. The molecule has 0 radical (unpaired) electrons. The summed E-state index contributed by atoms with van der Waals surface area (Å²) in [5.41, 5.74) is 2.68. The first-order valence-electron chi connectivity index (χ1n) is 7.33. The van der Waals surface area contributed by atoms with Gasteiger partial charge in [0.15, 0.2) is 0 Å². The Hall–Kier alpha value is -3.14. The molecule has 0 spiro atoms. The van der Waals surface area contributed by atoms with Crippen molar-refractivity contribution < 1.29 is 4.74 Å². The van der Waals surface area contributed by atoms with E-state index in [0.717, 1.165) is 22.8 Å². The maximum atomic E-state index is 5.15. The van der Waals surface area contributed by atoms with Gasteiger partial charge in [0.1, 0.15) is 5.75 Å². The van der Waals surface area contributed by atoms with Crippen molar-refractivity contribution in [3.05, 3.63) is 84.9 Å². The molecule has 0 N–H and O–H groups in total. The molecule has 0 atom stereocenters. The Kier molecular flexibility index (Phi) is 4.64.